The Morgan fingerprint density at radius 1 is 1.03 bits per heavy atom. The van der Waals surface area contributed by atoms with Gasteiger partial charge in [-0.25, -0.2) is 17.6 Å². The number of hydrogen-bond donors (Lipinski definition) is 0. The van der Waals surface area contributed by atoms with Crippen molar-refractivity contribution in [3.8, 4) is 5.75 Å². The van der Waals surface area contributed by atoms with Gasteiger partial charge in [0, 0.05) is 13.1 Å². The molecule has 0 atom stereocenters. The maximum Gasteiger partial charge on any atom is 0.338 e. The van der Waals surface area contributed by atoms with Crippen LogP contribution in [0.3, 0.4) is 0 Å². The van der Waals surface area contributed by atoms with Crippen molar-refractivity contribution in [2.75, 3.05) is 26.3 Å². The summed E-state index contributed by atoms with van der Waals surface area (Å²) in [5.41, 5.74) is 0.262. The van der Waals surface area contributed by atoms with Crippen LogP contribution in [0.2, 0.25) is 0 Å². The number of ether oxygens (including phenoxy) is 2. The molecule has 6 nitrogen and oxygen atoms in total. The number of nitrogens with zero attached hydrogens (tertiary/aromatic N) is 1. The minimum absolute atomic E-state index is 0.0161. The molecule has 2 aromatic rings. The van der Waals surface area contributed by atoms with Crippen LogP contribution >= 0.6 is 0 Å². The summed E-state index contributed by atoms with van der Waals surface area (Å²) in [5, 5.41) is 0. The number of esters is 1. The molecular formula is C21H24FNO5S. The van der Waals surface area contributed by atoms with Crippen LogP contribution in [0.5, 0.6) is 5.75 Å². The Kier molecular flexibility index (Phi) is 6.87. The zero-order valence-electron chi connectivity index (χ0n) is 16.2. The Morgan fingerprint density at radius 3 is 2.28 bits per heavy atom. The molecule has 0 N–H and O–H groups in total. The molecule has 0 saturated carbocycles. The van der Waals surface area contributed by atoms with Crippen LogP contribution in [0.25, 0.3) is 0 Å². The Morgan fingerprint density at radius 2 is 1.66 bits per heavy atom. The summed E-state index contributed by atoms with van der Waals surface area (Å²) in [5.74, 6) is 0.0854. The van der Waals surface area contributed by atoms with E-state index in [1.165, 1.54) is 52.8 Å². The zero-order chi connectivity index (χ0) is 20.9. The molecule has 156 valence electrons. The summed E-state index contributed by atoms with van der Waals surface area (Å²) in [6, 6.07) is 11.3. The Hall–Kier alpha value is -2.45. The number of benzene rings is 2. The third-order valence-corrected chi connectivity index (χ3v) is 6.78. The number of hydrogen-bond acceptors (Lipinski definition) is 5. The van der Waals surface area contributed by atoms with E-state index in [9.17, 15) is 17.6 Å². The molecule has 3 rings (SSSR count). The molecule has 1 fully saturated rings. The van der Waals surface area contributed by atoms with Gasteiger partial charge in [0.2, 0.25) is 10.0 Å². The molecule has 0 unspecified atom stereocenters. The number of halogens is 1. The first-order chi connectivity index (χ1) is 13.9. The van der Waals surface area contributed by atoms with Gasteiger partial charge in [-0.2, -0.15) is 4.31 Å². The number of rotatable bonds is 7. The summed E-state index contributed by atoms with van der Waals surface area (Å²) in [4.78, 5) is 12.3. The molecule has 8 heteroatoms. The fraction of sp³-hybridized carbons (Fsp3) is 0.381. The monoisotopic (exact) mass is 421 g/mol. The summed E-state index contributed by atoms with van der Waals surface area (Å²) in [6.45, 7) is 3.29. The van der Waals surface area contributed by atoms with Crippen LogP contribution in [-0.2, 0) is 14.8 Å². The van der Waals surface area contributed by atoms with Crippen molar-refractivity contribution < 1.29 is 27.1 Å². The highest BCUT2D eigenvalue weighted by molar-refractivity contribution is 7.89. The quantitative estimate of drug-likeness (QED) is 0.506. The van der Waals surface area contributed by atoms with Gasteiger partial charge in [-0.05, 0) is 67.3 Å². The fourth-order valence-corrected chi connectivity index (χ4v) is 4.52. The van der Waals surface area contributed by atoms with Gasteiger partial charge in [-0.1, -0.05) is 6.92 Å². The predicted molar refractivity (Wildman–Crippen MR) is 106 cm³/mol. The molecule has 0 aromatic heterocycles. The van der Waals surface area contributed by atoms with Gasteiger partial charge in [0.15, 0.2) is 0 Å². The maximum absolute atomic E-state index is 12.8. The van der Waals surface area contributed by atoms with Gasteiger partial charge < -0.3 is 9.47 Å². The molecule has 29 heavy (non-hydrogen) atoms. The second kappa shape index (κ2) is 9.37. The second-order valence-electron chi connectivity index (χ2n) is 7.05. The minimum Gasteiger partial charge on any atom is -0.490 e. The molecule has 0 bridgehead atoms. The first-order valence-electron chi connectivity index (χ1n) is 9.52. The minimum atomic E-state index is -3.55. The molecule has 1 heterocycles. The lowest BCUT2D eigenvalue weighted by atomic mass is 10.0. The fourth-order valence-electron chi connectivity index (χ4n) is 3.05. The van der Waals surface area contributed by atoms with Crippen molar-refractivity contribution >= 4 is 16.0 Å². The van der Waals surface area contributed by atoms with Gasteiger partial charge in [-0.15, -0.1) is 0 Å². The van der Waals surface area contributed by atoms with E-state index in [2.05, 4.69) is 6.92 Å². The largest absolute Gasteiger partial charge is 0.490 e. The third kappa shape index (κ3) is 5.55. The van der Waals surface area contributed by atoms with E-state index in [-0.39, 0.29) is 29.5 Å². The molecule has 1 aliphatic rings. The summed E-state index contributed by atoms with van der Waals surface area (Å²) >= 11 is 0. The summed E-state index contributed by atoms with van der Waals surface area (Å²) in [6.07, 6.45) is 1.70. The third-order valence-electron chi connectivity index (χ3n) is 4.87. The molecule has 2 aromatic carbocycles. The van der Waals surface area contributed by atoms with Crippen molar-refractivity contribution in [3.63, 3.8) is 0 Å². The molecule has 0 aliphatic carbocycles. The van der Waals surface area contributed by atoms with Gasteiger partial charge in [0.1, 0.15) is 24.8 Å². The normalized spacial score (nSPS) is 15.8. The van der Waals surface area contributed by atoms with Crippen LogP contribution in [-0.4, -0.2) is 45.0 Å². The average molecular weight is 421 g/mol. The number of piperidine rings is 1. The second-order valence-corrected chi connectivity index (χ2v) is 8.99. The molecule has 0 radical (unpaired) electrons. The van der Waals surface area contributed by atoms with E-state index < -0.39 is 16.0 Å². The average Bonchev–Trinajstić information content (AvgIpc) is 2.73. The van der Waals surface area contributed by atoms with Gasteiger partial charge in [-0.3, -0.25) is 0 Å². The van der Waals surface area contributed by atoms with E-state index in [0.29, 0.717) is 24.8 Å². The summed E-state index contributed by atoms with van der Waals surface area (Å²) in [7, 11) is -3.55. The van der Waals surface area contributed by atoms with Gasteiger partial charge in [0.05, 0.1) is 10.5 Å². The van der Waals surface area contributed by atoms with E-state index in [4.69, 9.17) is 9.47 Å². The highest BCUT2D eigenvalue weighted by Crippen LogP contribution is 2.23. The van der Waals surface area contributed by atoms with Crippen LogP contribution in [0.1, 0.15) is 30.1 Å². The molecule has 1 saturated heterocycles. The Balaban J connectivity index is 1.51. The zero-order valence-corrected chi connectivity index (χ0v) is 17.0. The highest BCUT2D eigenvalue weighted by atomic mass is 32.2. The SMILES string of the molecule is CC1CCN(S(=O)(=O)c2ccc(C(=O)OCCOc3ccc(F)cc3)cc2)CC1. The lowest BCUT2D eigenvalue weighted by Gasteiger charge is -2.29. The van der Waals surface area contributed by atoms with Crippen molar-refractivity contribution in [1.82, 2.24) is 4.31 Å². The molecule has 1 aliphatic heterocycles. The summed E-state index contributed by atoms with van der Waals surface area (Å²) < 4.78 is 50.2. The van der Waals surface area contributed by atoms with Gasteiger partial charge >= 0.3 is 5.97 Å². The molecule has 0 spiro atoms. The Labute approximate surface area is 170 Å². The van der Waals surface area contributed by atoms with Gasteiger partial charge in [0.25, 0.3) is 0 Å². The lowest BCUT2D eigenvalue weighted by molar-refractivity contribution is 0.0450. The van der Waals surface area contributed by atoms with Crippen molar-refractivity contribution in [2.45, 2.75) is 24.7 Å². The molecular weight excluding hydrogens is 397 g/mol. The van der Waals surface area contributed by atoms with Crippen molar-refractivity contribution in [3.05, 3.63) is 59.9 Å². The number of carbonyl (C=O) groups excluding carboxylic acids is 1. The van der Waals surface area contributed by atoms with E-state index in [1.54, 1.807) is 0 Å². The topological polar surface area (TPSA) is 72.9 Å². The lowest BCUT2D eigenvalue weighted by Crippen LogP contribution is -2.37. The number of sulfonamides is 1. The highest BCUT2D eigenvalue weighted by Gasteiger charge is 2.28. The standard InChI is InChI=1S/C21H24FNO5S/c1-16-10-12-23(13-11-16)29(25,26)20-8-2-17(3-9-20)21(24)28-15-14-27-19-6-4-18(22)5-7-19/h2-9,16H,10-15H2,1H3. The first-order valence-corrected chi connectivity index (χ1v) is 11.0. The van der Waals surface area contributed by atoms with E-state index >= 15 is 0 Å². The first kappa shape index (κ1) is 21.3. The molecule has 0 amide bonds. The Bertz CT molecular complexity index is 921. The maximum atomic E-state index is 12.8. The predicted octanol–water partition coefficient (Wildman–Crippen LogP) is 3.48. The smallest absolute Gasteiger partial charge is 0.338 e. The van der Waals surface area contributed by atoms with Crippen LogP contribution in [0.15, 0.2) is 53.4 Å². The van der Waals surface area contributed by atoms with Crippen LogP contribution in [0, 0.1) is 11.7 Å². The van der Waals surface area contributed by atoms with Crippen molar-refractivity contribution in [2.24, 2.45) is 5.92 Å². The van der Waals surface area contributed by atoms with E-state index in [0.717, 1.165) is 12.8 Å². The van der Waals surface area contributed by atoms with Crippen LogP contribution in [0.4, 0.5) is 4.39 Å². The van der Waals surface area contributed by atoms with Crippen molar-refractivity contribution in [1.29, 1.82) is 0 Å². The number of carbonyl (C=O) groups is 1. The van der Waals surface area contributed by atoms with Crippen LogP contribution < -0.4 is 4.74 Å². The van der Waals surface area contributed by atoms with E-state index in [1.807, 2.05) is 0 Å².